The molecule has 22 heavy (non-hydrogen) atoms. The predicted molar refractivity (Wildman–Crippen MR) is 86.7 cm³/mol. The van der Waals surface area contributed by atoms with Crippen LogP contribution in [0, 0.1) is 6.92 Å². The first-order valence-corrected chi connectivity index (χ1v) is 8.37. The average Bonchev–Trinajstić information content (AvgIpc) is 2.95. The first kappa shape index (κ1) is 15.2. The number of carbonyl (C=O) groups excluding carboxylic acids is 1. The highest BCUT2D eigenvalue weighted by Gasteiger charge is 2.24. The van der Waals surface area contributed by atoms with Crippen molar-refractivity contribution in [3.8, 4) is 0 Å². The van der Waals surface area contributed by atoms with Gasteiger partial charge in [0.2, 0.25) is 0 Å². The van der Waals surface area contributed by atoms with Crippen LogP contribution in [0.2, 0.25) is 5.02 Å². The Morgan fingerprint density at radius 1 is 1.36 bits per heavy atom. The molecule has 0 unspecified atom stereocenters. The fourth-order valence-electron chi connectivity index (χ4n) is 2.46. The molecule has 3 heterocycles. The topological polar surface area (TPSA) is 55.3 Å². The van der Waals surface area contributed by atoms with Crippen LogP contribution in [0.3, 0.4) is 0 Å². The smallest absolute Gasteiger partial charge is 0.350 e. The minimum atomic E-state index is -0.261. The van der Waals surface area contributed by atoms with Gasteiger partial charge in [0.1, 0.15) is 16.8 Å². The molecule has 0 saturated carbocycles. The monoisotopic (exact) mass is 337 g/mol. The molecule has 0 amide bonds. The summed E-state index contributed by atoms with van der Waals surface area (Å²) in [6, 6.07) is 3.75. The number of rotatable bonds is 3. The molecular weight excluding hydrogens is 322 g/mol. The first-order chi connectivity index (χ1) is 10.6. The van der Waals surface area contributed by atoms with Crippen molar-refractivity contribution in [2.45, 2.75) is 25.9 Å². The largest absolute Gasteiger partial charge is 0.458 e. The van der Waals surface area contributed by atoms with Gasteiger partial charge >= 0.3 is 5.97 Å². The molecule has 1 aliphatic heterocycles. The normalized spacial score (nSPS) is 15.8. The summed E-state index contributed by atoms with van der Waals surface area (Å²) in [4.78, 5) is 23.3. The molecule has 0 spiro atoms. The van der Waals surface area contributed by atoms with Gasteiger partial charge in [-0.3, -0.25) is 0 Å². The Balaban J connectivity index is 1.55. The van der Waals surface area contributed by atoms with Crippen molar-refractivity contribution in [1.82, 2.24) is 9.97 Å². The van der Waals surface area contributed by atoms with Crippen LogP contribution in [-0.4, -0.2) is 35.1 Å². The van der Waals surface area contributed by atoms with Crippen LogP contribution in [-0.2, 0) is 4.74 Å². The second-order valence-electron chi connectivity index (χ2n) is 5.19. The van der Waals surface area contributed by atoms with E-state index in [0.717, 1.165) is 37.4 Å². The first-order valence-electron chi connectivity index (χ1n) is 7.11. The van der Waals surface area contributed by atoms with Gasteiger partial charge in [-0.2, -0.15) is 0 Å². The fraction of sp³-hybridized carbons (Fsp3) is 0.400. The van der Waals surface area contributed by atoms with E-state index >= 15 is 0 Å². The quantitative estimate of drug-likeness (QED) is 0.804. The molecule has 0 aliphatic carbocycles. The molecule has 5 nitrogen and oxygen atoms in total. The summed E-state index contributed by atoms with van der Waals surface area (Å²) in [7, 11) is 0. The lowest BCUT2D eigenvalue weighted by atomic mass is 10.1. The molecule has 0 radical (unpaired) electrons. The van der Waals surface area contributed by atoms with Crippen LogP contribution in [0.25, 0.3) is 0 Å². The summed E-state index contributed by atoms with van der Waals surface area (Å²) in [5.74, 6) is 0.649. The Bertz CT molecular complexity index is 651. The van der Waals surface area contributed by atoms with Gasteiger partial charge in [0, 0.05) is 32.1 Å². The zero-order chi connectivity index (χ0) is 15.5. The number of thiazole rings is 1. The van der Waals surface area contributed by atoms with Crippen LogP contribution in [0.1, 0.15) is 28.2 Å². The van der Waals surface area contributed by atoms with Crippen molar-refractivity contribution in [3.05, 3.63) is 39.4 Å². The number of nitrogens with zero attached hydrogens (tertiary/aromatic N) is 3. The Morgan fingerprint density at radius 2 is 2.14 bits per heavy atom. The maximum Gasteiger partial charge on any atom is 0.350 e. The van der Waals surface area contributed by atoms with Crippen LogP contribution in [0.15, 0.2) is 23.8 Å². The third-order valence-electron chi connectivity index (χ3n) is 3.68. The molecule has 7 heteroatoms. The van der Waals surface area contributed by atoms with Gasteiger partial charge in [-0.15, -0.1) is 11.3 Å². The second kappa shape index (κ2) is 6.62. The number of carbonyl (C=O) groups is 1. The number of esters is 1. The van der Waals surface area contributed by atoms with Crippen LogP contribution < -0.4 is 4.90 Å². The number of hydrogen-bond acceptors (Lipinski definition) is 6. The van der Waals surface area contributed by atoms with E-state index in [1.165, 1.54) is 11.3 Å². The third kappa shape index (κ3) is 3.39. The van der Waals surface area contributed by atoms with Crippen molar-refractivity contribution >= 4 is 34.7 Å². The molecule has 0 N–H and O–H groups in total. The van der Waals surface area contributed by atoms with Gasteiger partial charge in [0.05, 0.1) is 16.2 Å². The molecule has 0 atom stereocenters. The Morgan fingerprint density at radius 3 is 2.73 bits per heavy atom. The number of pyridine rings is 1. The van der Waals surface area contributed by atoms with Crippen molar-refractivity contribution in [3.63, 3.8) is 0 Å². The lowest BCUT2D eigenvalue weighted by Crippen LogP contribution is -2.38. The van der Waals surface area contributed by atoms with Gasteiger partial charge in [0.15, 0.2) is 0 Å². The standard InChI is InChI=1S/C15H16ClN3O2S/c1-10-14(22-9-18-10)15(20)21-12-4-6-19(7-5-12)13-3-2-11(16)8-17-13/h2-3,8-9,12H,4-7H2,1H3. The van der Waals surface area contributed by atoms with Gasteiger partial charge in [-0.1, -0.05) is 11.6 Å². The molecule has 1 aliphatic rings. The van der Waals surface area contributed by atoms with Crippen LogP contribution in [0.4, 0.5) is 5.82 Å². The van der Waals surface area contributed by atoms with E-state index in [0.29, 0.717) is 9.90 Å². The minimum absolute atomic E-state index is 0.0439. The van der Waals surface area contributed by atoms with Gasteiger partial charge < -0.3 is 9.64 Å². The predicted octanol–water partition coefficient (Wildman–Crippen LogP) is 3.33. The van der Waals surface area contributed by atoms with E-state index in [2.05, 4.69) is 14.9 Å². The van der Waals surface area contributed by atoms with Gasteiger partial charge in [-0.25, -0.2) is 14.8 Å². The van der Waals surface area contributed by atoms with Gasteiger partial charge in [-0.05, 0) is 19.1 Å². The molecule has 1 saturated heterocycles. The lowest BCUT2D eigenvalue weighted by Gasteiger charge is -2.32. The van der Waals surface area contributed by atoms with Crippen molar-refractivity contribution in [2.75, 3.05) is 18.0 Å². The van der Waals surface area contributed by atoms with Crippen LogP contribution >= 0.6 is 22.9 Å². The zero-order valence-electron chi connectivity index (χ0n) is 12.2. The Kier molecular flexibility index (Phi) is 4.59. The highest BCUT2D eigenvalue weighted by Crippen LogP contribution is 2.22. The van der Waals surface area contributed by atoms with E-state index in [-0.39, 0.29) is 12.1 Å². The average molecular weight is 338 g/mol. The minimum Gasteiger partial charge on any atom is -0.458 e. The van der Waals surface area contributed by atoms with E-state index in [4.69, 9.17) is 16.3 Å². The number of halogens is 1. The molecule has 2 aromatic rings. The number of hydrogen-bond donors (Lipinski definition) is 0. The molecule has 116 valence electrons. The second-order valence-corrected chi connectivity index (χ2v) is 6.48. The van der Waals surface area contributed by atoms with Crippen molar-refractivity contribution in [1.29, 1.82) is 0 Å². The van der Waals surface area contributed by atoms with Crippen molar-refractivity contribution < 1.29 is 9.53 Å². The summed E-state index contributed by atoms with van der Waals surface area (Å²) in [6.45, 7) is 3.45. The van der Waals surface area contributed by atoms with E-state index in [1.54, 1.807) is 11.7 Å². The summed E-state index contributed by atoms with van der Waals surface area (Å²) < 4.78 is 5.58. The summed E-state index contributed by atoms with van der Waals surface area (Å²) in [5.41, 5.74) is 2.40. The zero-order valence-corrected chi connectivity index (χ0v) is 13.7. The number of ether oxygens (including phenoxy) is 1. The number of anilines is 1. The summed E-state index contributed by atoms with van der Waals surface area (Å²) in [6.07, 6.45) is 3.20. The maximum absolute atomic E-state index is 12.1. The lowest BCUT2D eigenvalue weighted by molar-refractivity contribution is 0.0249. The molecule has 3 rings (SSSR count). The summed E-state index contributed by atoms with van der Waals surface area (Å²) >= 11 is 7.18. The SMILES string of the molecule is Cc1ncsc1C(=O)OC1CCN(c2ccc(Cl)cn2)CC1. The summed E-state index contributed by atoms with van der Waals surface area (Å²) in [5, 5.41) is 0.632. The van der Waals surface area contributed by atoms with Crippen LogP contribution in [0.5, 0.6) is 0 Å². The van der Waals surface area contributed by atoms with Gasteiger partial charge in [0.25, 0.3) is 0 Å². The third-order valence-corrected chi connectivity index (χ3v) is 4.81. The molecule has 0 aromatic carbocycles. The number of piperidine rings is 1. The molecule has 2 aromatic heterocycles. The maximum atomic E-state index is 12.1. The Hall–Kier alpha value is -1.66. The number of aromatic nitrogens is 2. The van der Waals surface area contributed by atoms with E-state index in [1.807, 2.05) is 19.1 Å². The molecule has 1 fully saturated rings. The molecule has 0 bridgehead atoms. The Labute approximate surface area is 137 Å². The number of aryl methyl sites for hydroxylation is 1. The highest BCUT2D eigenvalue weighted by atomic mass is 35.5. The fourth-order valence-corrected chi connectivity index (χ4v) is 3.26. The van der Waals surface area contributed by atoms with Crippen molar-refractivity contribution in [2.24, 2.45) is 0 Å². The molecular formula is C15H16ClN3O2S. The van der Waals surface area contributed by atoms with E-state index < -0.39 is 0 Å². The highest BCUT2D eigenvalue weighted by molar-refractivity contribution is 7.11. The van der Waals surface area contributed by atoms with E-state index in [9.17, 15) is 4.79 Å².